The maximum atomic E-state index is 12.6. The molecular weight excluding hydrogens is 366 g/mol. The smallest absolute Gasteiger partial charge is 0.338 e. The van der Waals surface area contributed by atoms with Gasteiger partial charge in [-0.1, -0.05) is 48.5 Å². The molecule has 1 N–H and O–H groups in total. The Morgan fingerprint density at radius 2 is 1.55 bits per heavy atom. The van der Waals surface area contributed by atoms with Gasteiger partial charge in [-0.2, -0.15) is 0 Å². The number of para-hydroxylation sites is 1. The molecule has 5 nitrogen and oxygen atoms in total. The maximum absolute atomic E-state index is 12.6. The van der Waals surface area contributed by atoms with Gasteiger partial charge in [0, 0.05) is 11.3 Å². The third-order valence-corrected chi connectivity index (χ3v) is 4.32. The summed E-state index contributed by atoms with van der Waals surface area (Å²) in [6.45, 7) is 3.98. The maximum Gasteiger partial charge on any atom is 0.338 e. The summed E-state index contributed by atoms with van der Waals surface area (Å²) < 4.78 is 10.7. The third kappa shape index (κ3) is 5.23. The molecule has 3 aromatic carbocycles. The first-order chi connectivity index (χ1) is 14.1. The number of ether oxygens (including phenoxy) is 2. The van der Waals surface area contributed by atoms with Crippen LogP contribution >= 0.6 is 0 Å². The number of hydrogen-bond donors (Lipinski definition) is 1. The molecule has 148 valence electrons. The highest BCUT2D eigenvalue weighted by Gasteiger charge is 2.20. The van der Waals surface area contributed by atoms with E-state index in [0.29, 0.717) is 23.6 Å². The fraction of sp³-hybridized carbons (Fsp3) is 0.167. The van der Waals surface area contributed by atoms with Crippen LogP contribution in [0.15, 0.2) is 78.9 Å². The summed E-state index contributed by atoms with van der Waals surface area (Å²) in [5.41, 5.74) is 2.90. The molecule has 0 aliphatic carbocycles. The summed E-state index contributed by atoms with van der Waals surface area (Å²) in [7, 11) is 0. The zero-order chi connectivity index (χ0) is 20.6. The Kier molecular flexibility index (Phi) is 6.63. The van der Waals surface area contributed by atoms with E-state index in [2.05, 4.69) is 5.32 Å². The van der Waals surface area contributed by atoms with Gasteiger partial charge in [-0.15, -0.1) is 0 Å². The highest BCUT2D eigenvalue weighted by molar-refractivity contribution is 5.99. The van der Waals surface area contributed by atoms with Gasteiger partial charge in [0.25, 0.3) is 5.91 Å². The zero-order valence-corrected chi connectivity index (χ0v) is 16.4. The van der Waals surface area contributed by atoms with Gasteiger partial charge in [0.2, 0.25) is 0 Å². The SMILES string of the molecule is CCOc1ccc(C(=O)O[C@@H](C)C(=O)Nc2ccccc2-c2ccccc2)cc1. The summed E-state index contributed by atoms with van der Waals surface area (Å²) >= 11 is 0. The van der Waals surface area contributed by atoms with Crippen LogP contribution in [-0.4, -0.2) is 24.6 Å². The summed E-state index contributed by atoms with van der Waals surface area (Å²) in [6.07, 6.45) is -0.946. The number of anilines is 1. The number of esters is 1. The minimum atomic E-state index is -0.946. The molecule has 3 aromatic rings. The lowest BCUT2D eigenvalue weighted by Gasteiger charge is -2.16. The molecule has 0 bridgehead atoms. The van der Waals surface area contributed by atoms with Crippen molar-refractivity contribution in [3.8, 4) is 16.9 Å². The first-order valence-corrected chi connectivity index (χ1v) is 9.47. The lowest BCUT2D eigenvalue weighted by molar-refractivity contribution is -0.123. The number of carbonyl (C=O) groups excluding carboxylic acids is 2. The molecule has 0 heterocycles. The van der Waals surface area contributed by atoms with Crippen LogP contribution in [0.2, 0.25) is 0 Å². The monoisotopic (exact) mass is 389 g/mol. The molecule has 0 saturated carbocycles. The Morgan fingerprint density at radius 3 is 2.24 bits per heavy atom. The summed E-state index contributed by atoms with van der Waals surface area (Å²) in [5, 5.41) is 2.86. The molecule has 29 heavy (non-hydrogen) atoms. The van der Waals surface area contributed by atoms with Crippen molar-refractivity contribution in [3.05, 3.63) is 84.4 Å². The summed E-state index contributed by atoms with van der Waals surface area (Å²) in [4.78, 5) is 24.9. The number of amides is 1. The van der Waals surface area contributed by atoms with Crippen molar-refractivity contribution in [1.82, 2.24) is 0 Å². The van der Waals surface area contributed by atoms with Gasteiger partial charge < -0.3 is 14.8 Å². The average molecular weight is 389 g/mol. The van der Waals surface area contributed by atoms with E-state index >= 15 is 0 Å². The van der Waals surface area contributed by atoms with Gasteiger partial charge in [-0.05, 0) is 49.7 Å². The van der Waals surface area contributed by atoms with Crippen LogP contribution < -0.4 is 10.1 Å². The number of carbonyl (C=O) groups is 2. The molecule has 0 spiro atoms. The number of rotatable bonds is 7. The first-order valence-electron chi connectivity index (χ1n) is 9.47. The van der Waals surface area contributed by atoms with Crippen molar-refractivity contribution in [1.29, 1.82) is 0 Å². The summed E-state index contributed by atoms with van der Waals surface area (Å²) in [6, 6.07) is 23.9. The summed E-state index contributed by atoms with van der Waals surface area (Å²) in [5.74, 6) is -0.285. The van der Waals surface area contributed by atoms with Crippen molar-refractivity contribution in [2.24, 2.45) is 0 Å². The Morgan fingerprint density at radius 1 is 0.897 bits per heavy atom. The number of nitrogens with one attached hydrogen (secondary N) is 1. The topological polar surface area (TPSA) is 64.6 Å². The molecule has 3 rings (SSSR count). The van der Waals surface area contributed by atoms with Crippen molar-refractivity contribution >= 4 is 17.6 Å². The van der Waals surface area contributed by atoms with E-state index in [4.69, 9.17) is 9.47 Å². The van der Waals surface area contributed by atoms with Crippen LogP contribution in [0, 0.1) is 0 Å². The van der Waals surface area contributed by atoms with E-state index in [1.165, 1.54) is 0 Å². The molecule has 0 radical (unpaired) electrons. The third-order valence-electron chi connectivity index (χ3n) is 4.32. The van der Waals surface area contributed by atoms with E-state index in [1.807, 2.05) is 61.5 Å². The molecule has 0 fully saturated rings. The largest absolute Gasteiger partial charge is 0.494 e. The van der Waals surface area contributed by atoms with E-state index in [9.17, 15) is 9.59 Å². The van der Waals surface area contributed by atoms with Crippen LogP contribution in [-0.2, 0) is 9.53 Å². The minimum absolute atomic E-state index is 0.359. The van der Waals surface area contributed by atoms with Gasteiger partial charge in [0.1, 0.15) is 5.75 Å². The quantitative estimate of drug-likeness (QED) is 0.582. The first kappa shape index (κ1) is 20.1. The Hall–Kier alpha value is -3.60. The van der Waals surface area contributed by atoms with Gasteiger partial charge in [-0.25, -0.2) is 4.79 Å². The van der Waals surface area contributed by atoms with Gasteiger partial charge in [0.15, 0.2) is 6.10 Å². The zero-order valence-electron chi connectivity index (χ0n) is 16.4. The molecule has 1 amide bonds. The van der Waals surface area contributed by atoms with Crippen molar-refractivity contribution in [2.45, 2.75) is 20.0 Å². The molecule has 0 aliphatic rings. The Balaban J connectivity index is 1.66. The van der Waals surface area contributed by atoms with Crippen molar-refractivity contribution in [2.75, 3.05) is 11.9 Å². The van der Waals surface area contributed by atoms with Gasteiger partial charge in [0.05, 0.1) is 12.2 Å². The lowest BCUT2D eigenvalue weighted by atomic mass is 10.0. The van der Waals surface area contributed by atoms with Crippen LogP contribution in [0.3, 0.4) is 0 Å². The molecule has 0 aromatic heterocycles. The second-order valence-corrected chi connectivity index (χ2v) is 6.41. The molecule has 0 unspecified atom stereocenters. The second-order valence-electron chi connectivity index (χ2n) is 6.41. The minimum Gasteiger partial charge on any atom is -0.494 e. The Bertz CT molecular complexity index is 968. The standard InChI is InChI=1S/C24H23NO4/c1-3-28-20-15-13-19(14-16-20)24(27)29-17(2)23(26)25-22-12-8-7-11-21(22)18-9-5-4-6-10-18/h4-17H,3H2,1-2H3,(H,25,26)/t17-/m0/s1. The predicted octanol–water partition coefficient (Wildman–Crippen LogP) is 4.94. The molecular formula is C24H23NO4. The number of benzene rings is 3. The van der Waals surface area contributed by atoms with Crippen molar-refractivity contribution < 1.29 is 19.1 Å². The fourth-order valence-electron chi connectivity index (χ4n) is 2.83. The van der Waals surface area contributed by atoms with Crippen LogP contribution in [0.5, 0.6) is 5.75 Å². The highest BCUT2D eigenvalue weighted by atomic mass is 16.5. The lowest BCUT2D eigenvalue weighted by Crippen LogP contribution is -2.30. The number of hydrogen-bond acceptors (Lipinski definition) is 4. The highest BCUT2D eigenvalue weighted by Crippen LogP contribution is 2.27. The van der Waals surface area contributed by atoms with E-state index in [-0.39, 0.29) is 0 Å². The molecule has 0 aliphatic heterocycles. The Labute approximate surface area is 170 Å². The van der Waals surface area contributed by atoms with Gasteiger partial charge in [-0.3, -0.25) is 4.79 Å². The van der Waals surface area contributed by atoms with Crippen molar-refractivity contribution in [3.63, 3.8) is 0 Å². The van der Waals surface area contributed by atoms with E-state index in [1.54, 1.807) is 31.2 Å². The molecule has 0 saturated heterocycles. The normalized spacial score (nSPS) is 11.4. The van der Waals surface area contributed by atoms with E-state index < -0.39 is 18.0 Å². The van der Waals surface area contributed by atoms with Crippen LogP contribution in [0.1, 0.15) is 24.2 Å². The van der Waals surface area contributed by atoms with E-state index in [0.717, 1.165) is 11.1 Å². The average Bonchev–Trinajstić information content (AvgIpc) is 2.75. The van der Waals surface area contributed by atoms with Crippen LogP contribution in [0.4, 0.5) is 5.69 Å². The molecule has 1 atom stereocenters. The molecule has 5 heteroatoms. The van der Waals surface area contributed by atoms with Crippen LogP contribution in [0.25, 0.3) is 11.1 Å². The predicted molar refractivity (Wildman–Crippen MR) is 113 cm³/mol. The second kappa shape index (κ2) is 9.55. The fourth-order valence-corrected chi connectivity index (χ4v) is 2.83. The van der Waals surface area contributed by atoms with Gasteiger partial charge >= 0.3 is 5.97 Å².